The standard InChI is InChI=1S/C27H39F2NO4S/c1-15(2)6-8-30(34)13-16-9-19-18-11-21(29)20-10-17(31)5-7-26(20,3)24(18)22(32)12-27(19,4)23(16)25(33)35-14-28/h5,7,10,15-16,18-19,21-24,32,34H,6,8-9,11-14H2,1-4H3. The highest BCUT2D eigenvalue weighted by Crippen LogP contribution is 2.67. The monoisotopic (exact) mass is 511 g/mol. The Hall–Kier alpha value is -1.09. The number of hydrogen-bond acceptors (Lipinski definition) is 6. The van der Waals surface area contributed by atoms with Crippen LogP contribution in [0.25, 0.3) is 0 Å². The summed E-state index contributed by atoms with van der Waals surface area (Å²) in [6.45, 7) is 8.85. The molecule has 2 N–H and O–H groups in total. The van der Waals surface area contributed by atoms with Crippen LogP contribution < -0.4 is 0 Å². The Morgan fingerprint density at radius 2 is 2.03 bits per heavy atom. The second-order valence-corrected chi connectivity index (χ2v) is 12.9. The average Bonchev–Trinajstić information content (AvgIpc) is 3.04. The molecule has 0 aliphatic heterocycles. The number of ketones is 1. The molecule has 0 saturated heterocycles. The van der Waals surface area contributed by atoms with Crippen molar-refractivity contribution in [3.8, 4) is 0 Å². The first-order valence-electron chi connectivity index (χ1n) is 12.9. The molecule has 9 unspecified atom stereocenters. The molecule has 0 spiro atoms. The lowest BCUT2D eigenvalue weighted by molar-refractivity contribution is -0.139. The van der Waals surface area contributed by atoms with Gasteiger partial charge in [-0.3, -0.25) is 9.59 Å². The molecular formula is C27H39F2NO4S. The van der Waals surface area contributed by atoms with E-state index in [4.69, 9.17) is 0 Å². The Bertz CT molecular complexity index is 910. The van der Waals surface area contributed by atoms with Crippen molar-refractivity contribution >= 4 is 22.7 Å². The normalized spacial score (nSPS) is 42.6. The molecule has 4 aliphatic carbocycles. The van der Waals surface area contributed by atoms with E-state index in [0.717, 1.165) is 6.42 Å². The molecular weight excluding hydrogens is 472 g/mol. The van der Waals surface area contributed by atoms with Gasteiger partial charge >= 0.3 is 0 Å². The van der Waals surface area contributed by atoms with Gasteiger partial charge in [0.1, 0.15) is 12.2 Å². The predicted octanol–water partition coefficient (Wildman–Crippen LogP) is 4.98. The number of alkyl halides is 2. The van der Waals surface area contributed by atoms with Gasteiger partial charge in [0.2, 0.25) is 0 Å². The third-order valence-electron chi connectivity index (χ3n) is 9.51. The summed E-state index contributed by atoms with van der Waals surface area (Å²) >= 11 is 0.662. The molecule has 9 atom stereocenters. The van der Waals surface area contributed by atoms with Crippen molar-refractivity contribution < 1.29 is 28.7 Å². The molecule has 4 aliphatic rings. The van der Waals surface area contributed by atoms with E-state index in [1.165, 1.54) is 17.2 Å². The van der Waals surface area contributed by atoms with Gasteiger partial charge in [-0.15, -0.1) is 0 Å². The molecule has 3 saturated carbocycles. The van der Waals surface area contributed by atoms with Crippen LogP contribution in [0.3, 0.4) is 0 Å². The first-order valence-corrected chi connectivity index (χ1v) is 13.8. The van der Waals surface area contributed by atoms with E-state index in [9.17, 15) is 24.3 Å². The topological polar surface area (TPSA) is 77.8 Å². The zero-order valence-electron chi connectivity index (χ0n) is 21.1. The minimum atomic E-state index is -1.29. The Kier molecular flexibility index (Phi) is 7.70. The third kappa shape index (κ3) is 4.69. The number of aliphatic hydroxyl groups is 1. The molecule has 196 valence electrons. The number of hydrogen-bond donors (Lipinski definition) is 2. The van der Waals surface area contributed by atoms with Crippen LogP contribution in [-0.2, 0) is 9.59 Å². The third-order valence-corrected chi connectivity index (χ3v) is 10.2. The van der Waals surface area contributed by atoms with E-state index in [1.807, 2.05) is 13.8 Å². The van der Waals surface area contributed by atoms with Gasteiger partial charge in [-0.2, -0.15) is 5.06 Å². The van der Waals surface area contributed by atoms with Crippen LogP contribution >= 0.6 is 11.8 Å². The van der Waals surface area contributed by atoms with E-state index in [0.29, 0.717) is 49.2 Å². The number of hydroxylamine groups is 2. The first kappa shape index (κ1) is 27.0. The fraction of sp³-hybridized carbons (Fsp3) is 0.778. The summed E-state index contributed by atoms with van der Waals surface area (Å²) in [6, 6.07) is -0.814. The number of nitrogens with zero attached hydrogens (tertiary/aromatic N) is 1. The molecule has 0 aromatic heterocycles. The van der Waals surface area contributed by atoms with Crippen molar-refractivity contribution in [2.75, 3.05) is 19.1 Å². The minimum absolute atomic E-state index is 0.0452. The van der Waals surface area contributed by atoms with Gasteiger partial charge in [-0.25, -0.2) is 8.78 Å². The maximum Gasteiger partial charge on any atom is 0.195 e. The molecule has 4 rings (SSSR count). The number of carbonyl (C=O) groups is 2. The van der Waals surface area contributed by atoms with Crippen LogP contribution in [0.4, 0.5) is 8.78 Å². The number of rotatable bonds is 7. The molecule has 35 heavy (non-hydrogen) atoms. The highest BCUT2D eigenvalue weighted by Gasteiger charge is 2.66. The van der Waals surface area contributed by atoms with E-state index < -0.39 is 35.0 Å². The second-order valence-electron chi connectivity index (χ2n) is 12.0. The van der Waals surface area contributed by atoms with Gasteiger partial charge in [0.25, 0.3) is 0 Å². The van der Waals surface area contributed by atoms with Gasteiger partial charge in [0, 0.05) is 30.3 Å². The van der Waals surface area contributed by atoms with Crippen molar-refractivity contribution in [1.82, 2.24) is 5.06 Å². The van der Waals surface area contributed by atoms with Crippen molar-refractivity contribution in [3.05, 3.63) is 23.8 Å². The lowest BCUT2D eigenvalue weighted by Crippen LogP contribution is -2.58. The van der Waals surface area contributed by atoms with E-state index >= 15 is 4.39 Å². The van der Waals surface area contributed by atoms with E-state index in [2.05, 4.69) is 13.8 Å². The number of carbonyl (C=O) groups excluding carboxylic acids is 2. The van der Waals surface area contributed by atoms with Crippen LogP contribution in [0.5, 0.6) is 0 Å². The summed E-state index contributed by atoms with van der Waals surface area (Å²) in [5, 5.41) is 23.2. The zero-order valence-corrected chi connectivity index (χ0v) is 21.9. The second kappa shape index (κ2) is 9.99. The molecule has 3 fully saturated rings. The molecule has 0 aromatic carbocycles. The fourth-order valence-electron chi connectivity index (χ4n) is 8.07. The first-order chi connectivity index (χ1) is 16.4. The maximum atomic E-state index is 15.6. The summed E-state index contributed by atoms with van der Waals surface area (Å²) in [5.74, 6) is -1.03. The zero-order chi connectivity index (χ0) is 25.7. The van der Waals surface area contributed by atoms with Gasteiger partial charge in [-0.1, -0.05) is 45.5 Å². The van der Waals surface area contributed by atoms with Crippen LogP contribution in [0.1, 0.15) is 53.4 Å². The SMILES string of the molecule is CC(C)CCN(O)CC1CC2C3CC(F)C4=CC(=O)C=CC4(C)C3C(O)CC2(C)C1C(=O)SCF. The summed E-state index contributed by atoms with van der Waals surface area (Å²) in [4.78, 5) is 25.2. The number of aliphatic hydroxyl groups excluding tert-OH is 1. The molecule has 0 aromatic rings. The summed E-state index contributed by atoms with van der Waals surface area (Å²) in [5.41, 5.74) is -0.934. The van der Waals surface area contributed by atoms with Gasteiger partial charge in [0.05, 0.1) is 6.10 Å². The van der Waals surface area contributed by atoms with Gasteiger partial charge in [0.15, 0.2) is 10.9 Å². The van der Waals surface area contributed by atoms with Crippen LogP contribution in [0, 0.1) is 46.3 Å². The fourth-order valence-corrected chi connectivity index (χ4v) is 8.82. The van der Waals surface area contributed by atoms with Crippen molar-refractivity contribution in [2.24, 2.45) is 46.3 Å². The van der Waals surface area contributed by atoms with E-state index in [-0.39, 0.29) is 41.0 Å². The molecule has 0 heterocycles. The Morgan fingerprint density at radius 1 is 1.31 bits per heavy atom. The molecule has 0 amide bonds. The number of allylic oxidation sites excluding steroid dienone is 4. The Labute approximate surface area is 211 Å². The minimum Gasteiger partial charge on any atom is -0.393 e. The Morgan fingerprint density at radius 3 is 2.69 bits per heavy atom. The number of thioether (sulfide) groups is 1. The lowest BCUT2D eigenvalue weighted by Gasteiger charge is -2.59. The molecule has 0 bridgehead atoms. The quantitative estimate of drug-likeness (QED) is 0.470. The lowest BCUT2D eigenvalue weighted by atomic mass is 9.46. The summed E-state index contributed by atoms with van der Waals surface area (Å²) in [7, 11) is 0. The largest absolute Gasteiger partial charge is 0.393 e. The average molecular weight is 512 g/mol. The van der Waals surface area contributed by atoms with Gasteiger partial charge < -0.3 is 10.3 Å². The predicted molar refractivity (Wildman–Crippen MR) is 132 cm³/mol. The number of halogens is 2. The smallest absolute Gasteiger partial charge is 0.195 e. The van der Waals surface area contributed by atoms with Crippen LogP contribution in [-0.4, -0.2) is 57.6 Å². The van der Waals surface area contributed by atoms with Crippen LogP contribution in [0.15, 0.2) is 23.8 Å². The van der Waals surface area contributed by atoms with Gasteiger partial charge in [-0.05, 0) is 72.5 Å². The van der Waals surface area contributed by atoms with Crippen LogP contribution in [0.2, 0.25) is 0 Å². The molecule has 8 heteroatoms. The van der Waals surface area contributed by atoms with Crippen molar-refractivity contribution in [1.29, 1.82) is 0 Å². The Balaban J connectivity index is 1.68. The maximum absolute atomic E-state index is 15.6. The molecule has 0 radical (unpaired) electrons. The molecule has 5 nitrogen and oxygen atoms in total. The highest BCUT2D eigenvalue weighted by molar-refractivity contribution is 8.13. The highest BCUT2D eigenvalue weighted by atomic mass is 32.2. The van der Waals surface area contributed by atoms with E-state index in [1.54, 1.807) is 6.08 Å². The van der Waals surface area contributed by atoms with Crippen molar-refractivity contribution in [2.45, 2.75) is 65.7 Å². The number of fused-ring (bicyclic) bond motifs is 5. The summed E-state index contributed by atoms with van der Waals surface area (Å²) < 4.78 is 28.8. The summed E-state index contributed by atoms with van der Waals surface area (Å²) in [6.07, 6.45) is 4.54. The van der Waals surface area contributed by atoms with Crippen molar-refractivity contribution in [3.63, 3.8) is 0 Å².